The van der Waals surface area contributed by atoms with E-state index in [0.717, 1.165) is 44.9 Å². The summed E-state index contributed by atoms with van der Waals surface area (Å²) >= 11 is 1.74. The van der Waals surface area contributed by atoms with Crippen LogP contribution in [0.2, 0.25) is 0 Å². The van der Waals surface area contributed by atoms with E-state index in [4.69, 9.17) is 5.73 Å². The molecule has 0 atom stereocenters. The minimum absolute atomic E-state index is 0.187. The molecule has 0 unspecified atom stereocenters. The van der Waals surface area contributed by atoms with Crippen LogP contribution in [0, 0.1) is 0 Å². The van der Waals surface area contributed by atoms with E-state index in [0.29, 0.717) is 5.69 Å². The van der Waals surface area contributed by atoms with Crippen molar-refractivity contribution >= 4 is 22.7 Å². The van der Waals surface area contributed by atoms with Crippen LogP contribution in [0.5, 0.6) is 0 Å². The summed E-state index contributed by atoms with van der Waals surface area (Å²) in [5.41, 5.74) is 6.02. The van der Waals surface area contributed by atoms with Crippen molar-refractivity contribution in [3.8, 4) is 0 Å². The van der Waals surface area contributed by atoms with Gasteiger partial charge < -0.3 is 10.6 Å². The van der Waals surface area contributed by atoms with Crippen molar-refractivity contribution in [1.82, 2.24) is 4.90 Å². The molecule has 1 aliphatic rings. The first-order valence-electron chi connectivity index (χ1n) is 7.40. The molecular formula is C16H18F3N3S. The van der Waals surface area contributed by atoms with Gasteiger partial charge in [-0.2, -0.15) is 13.2 Å². The smallest absolute Gasteiger partial charge is 0.397 e. The zero-order valence-electron chi connectivity index (χ0n) is 12.5. The number of piperazine rings is 1. The monoisotopic (exact) mass is 341 g/mol. The Labute approximate surface area is 137 Å². The molecule has 1 aliphatic heterocycles. The fraction of sp³-hybridized carbons (Fsp3) is 0.375. The molecular weight excluding hydrogens is 323 g/mol. The normalized spacial score (nSPS) is 16.7. The molecule has 1 aromatic heterocycles. The Morgan fingerprint density at radius 3 is 2.39 bits per heavy atom. The van der Waals surface area contributed by atoms with Crippen LogP contribution in [-0.4, -0.2) is 31.1 Å². The summed E-state index contributed by atoms with van der Waals surface area (Å²) in [5, 5.41) is 2.06. The average molecular weight is 341 g/mol. The van der Waals surface area contributed by atoms with E-state index in [1.165, 1.54) is 10.9 Å². The number of nitrogens with two attached hydrogens (primary N) is 1. The first kappa shape index (κ1) is 16.1. The van der Waals surface area contributed by atoms with Crippen molar-refractivity contribution in [3.63, 3.8) is 0 Å². The van der Waals surface area contributed by atoms with E-state index in [-0.39, 0.29) is 5.69 Å². The Balaban J connectivity index is 1.63. The van der Waals surface area contributed by atoms with Gasteiger partial charge in [-0.3, -0.25) is 4.90 Å². The minimum Gasteiger partial charge on any atom is -0.397 e. The van der Waals surface area contributed by atoms with Crippen molar-refractivity contribution in [2.45, 2.75) is 12.7 Å². The summed E-state index contributed by atoms with van der Waals surface area (Å²) in [6, 6.07) is 7.76. The van der Waals surface area contributed by atoms with Crippen LogP contribution in [0.3, 0.4) is 0 Å². The van der Waals surface area contributed by atoms with E-state index in [2.05, 4.69) is 21.2 Å². The maximum absolute atomic E-state index is 12.7. The summed E-state index contributed by atoms with van der Waals surface area (Å²) in [4.78, 5) is 5.73. The molecule has 7 heteroatoms. The van der Waals surface area contributed by atoms with Crippen LogP contribution in [0.25, 0.3) is 0 Å². The van der Waals surface area contributed by atoms with Crippen LogP contribution >= 0.6 is 11.3 Å². The highest BCUT2D eigenvalue weighted by Gasteiger charge is 2.31. The molecule has 0 saturated carbocycles. The van der Waals surface area contributed by atoms with E-state index >= 15 is 0 Å². The van der Waals surface area contributed by atoms with Gasteiger partial charge in [0, 0.05) is 37.6 Å². The molecule has 3 nitrogen and oxygen atoms in total. The highest BCUT2D eigenvalue weighted by atomic mass is 32.1. The molecule has 0 aliphatic carbocycles. The number of hydrogen-bond donors (Lipinski definition) is 1. The molecule has 1 fully saturated rings. The van der Waals surface area contributed by atoms with Crippen molar-refractivity contribution in [2.75, 3.05) is 36.8 Å². The molecule has 23 heavy (non-hydrogen) atoms. The summed E-state index contributed by atoms with van der Waals surface area (Å²) in [7, 11) is 0. The van der Waals surface area contributed by atoms with Crippen molar-refractivity contribution in [1.29, 1.82) is 0 Å². The largest absolute Gasteiger partial charge is 0.416 e. The second-order valence-electron chi connectivity index (χ2n) is 5.61. The highest BCUT2D eigenvalue weighted by Crippen LogP contribution is 2.34. The number of rotatable bonds is 3. The summed E-state index contributed by atoms with van der Waals surface area (Å²) in [6.45, 7) is 4.20. The summed E-state index contributed by atoms with van der Waals surface area (Å²) < 4.78 is 38.1. The van der Waals surface area contributed by atoms with Crippen LogP contribution in [0.4, 0.5) is 24.5 Å². The number of anilines is 2. The van der Waals surface area contributed by atoms with Crippen molar-refractivity contribution < 1.29 is 13.2 Å². The van der Waals surface area contributed by atoms with Gasteiger partial charge in [0.2, 0.25) is 0 Å². The first-order valence-corrected chi connectivity index (χ1v) is 8.28. The Morgan fingerprint density at radius 1 is 1.09 bits per heavy atom. The zero-order chi connectivity index (χ0) is 16.4. The molecule has 0 radical (unpaired) electrons. The average Bonchev–Trinajstić information content (AvgIpc) is 3.00. The Bertz CT molecular complexity index is 647. The lowest BCUT2D eigenvalue weighted by molar-refractivity contribution is -0.137. The Morgan fingerprint density at radius 2 is 1.83 bits per heavy atom. The standard InChI is InChI=1S/C16H18F3N3S/c17-16(18,19)12-3-4-15(14(20)10-12)22-7-5-21(6-8-22)11-13-2-1-9-23-13/h1-4,9-10H,5-8,11,20H2. The number of halogens is 3. The third-order valence-corrected chi connectivity index (χ3v) is 4.89. The molecule has 124 valence electrons. The highest BCUT2D eigenvalue weighted by molar-refractivity contribution is 7.09. The second-order valence-corrected chi connectivity index (χ2v) is 6.65. The van der Waals surface area contributed by atoms with Gasteiger partial charge in [0.25, 0.3) is 0 Å². The second kappa shape index (κ2) is 6.41. The summed E-state index contributed by atoms with van der Waals surface area (Å²) in [5.74, 6) is 0. The van der Waals surface area contributed by atoms with Gasteiger partial charge in [0.1, 0.15) is 0 Å². The molecule has 1 aromatic carbocycles. The number of alkyl halides is 3. The third kappa shape index (κ3) is 3.79. The van der Waals surface area contributed by atoms with Gasteiger partial charge in [-0.05, 0) is 29.6 Å². The van der Waals surface area contributed by atoms with E-state index < -0.39 is 11.7 Å². The van der Waals surface area contributed by atoms with Crippen LogP contribution < -0.4 is 10.6 Å². The van der Waals surface area contributed by atoms with Gasteiger partial charge >= 0.3 is 6.18 Å². The van der Waals surface area contributed by atoms with Crippen molar-refractivity contribution in [2.24, 2.45) is 0 Å². The fourth-order valence-corrected chi connectivity index (χ4v) is 3.53. The zero-order valence-corrected chi connectivity index (χ0v) is 13.3. The predicted molar refractivity (Wildman–Crippen MR) is 87.7 cm³/mol. The minimum atomic E-state index is -4.36. The third-order valence-electron chi connectivity index (χ3n) is 4.03. The molecule has 0 amide bonds. The Kier molecular flexibility index (Phi) is 4.50. The lowest BCUT2D eigenvalue weighted by atomic mass is 10.1. The number of benzene rings is 1. The summed E-state index contributed by atoms with van der Waals surface area (Å²) in [6.07, 6.45) is -4.36. The van der Waals surface area contributed by atoms with Crippen molar-refractivity contribution in [3.05, 3.63) is 46.2 Å². The quantitative estimate of drug-likeness (QED) is 0.865. The fourth-order valence-electron chi connectivity index (χ4n) is 2.79. The molecule has 0 spiro atoms. The number of nitrogen functional groups attached to an aromatic ring is 1. The van der Waals surface area contributed by atoms with Crippen LogP contribution in [0.1, 0.15) is 10.4 Å². The van der Waals surface area contributed by atoms with E-state index in [1.807, 2.05) is 6.07 Å². The van der Waals surface area contributed by atoms with Gasteiger partial charge in [-0.25, -0.2) is 0 Å². The molecule has 2 aromatic rings. The van der Waals surface area contributed by atoms with Gasteiger partial charge in [-0.15, -0.1) is 11.3 Å². The number of hydrogen-bond acceptors (Lipinski definition) is 4. The van der Waals surface area contributed by atoms with Crippen LogP contribution in [0.15, 0.2) is 35.7 Å². The molecule has 2 N–H and O–H groups in total. The molecule has 0 bridgehead atoms. The lowest BCUT2D eigenvalue weighted by Gasteiger charge is -2.36. The maximum atomic E-state index is 12.7. The van der Waals surface area contributed by atoms with Gasteiger partial charge in [0.05, 0.1) is 16.9 Å². The van der Waals surface area contributed by atoms with Crippen LogP contribution in [-0.2, 0) is 12.7 Å². The molecule has 1 saturated heterocycles. The maximum Gasteiger partial charge on any atom is 0.416 e. The number of thiophene rings is 1. The Hall–Kier alpha value is -1.73. The van der Waals surface area contributed by atoms with E-state index in [9.17, 15) is 13.2 Å². The van der Waals surface area contributed by atoms with Gasteiger partial charge in [0.15, 0.2) is 0 Å². The SMILES string of the molecule is Nc1cc(C(F)(F)F)ccc1N1CCN(Cc2cccs2)CC1. The topological polar surface area (TPSA) is 32.5 Å². The predicted octanol–water partition coefficient (Wildman–Crippen LogP) is 3.67. The first-order chi connectivity index (χ1) is 10.9. The molecule has 2 heterocycles. The van der Waals surface area contributed by atoms with E-state index in [1.54, 1.807) is 11.3 Å². The van der Waals surface area contributed by atoms with Gasteiger partial charge in [-0.1, -0.05) is 6.07 Å². The number of nitrogens with zero attached hydrogens (tertiary/aromatic N) is 2. The lowest BCUT2D eigenvalue weighted by Crippen LogP contribution is -2.46. The molecule has 3 rings (SSSR count).